The van der Waals surface area contributed by atoms with E-state index in [0.717, 1.165) is 31.2 Å². The van der Waals surface area contributed by atoms with Crippen LogP contribution in [0.3, 0.4) is 0 Å². The molecule has 1 saturated carbocycles. The second-order valence-corrected chi connectivity index (χ2v) is 7.65. The third kappa shape index (κ3) is 6.15. The lowest BCUT2D eigenvalue weighted by atomic mass is 9.77. The van der Waals surface area contributed by atoms with Gasteiger partial charge in [-0.2, -0.15) is 0 Å². The van der Waals surface area contributed by atoms with Gasteiger partial charge in [0.1, 0.15) is 6.10 Å². The summed E-state index contributed by atoms with van der Waals surface area (Å²) in [6, 6.07) is 9.89. The highest BCUT2D eigenvalue weighted by molar-refractivity contribution is 6.29. The van der Waals surface area contributed by atoms with E-state index >= 15 is 0 Å². The molecule has 1 heterocycles. The lowest BCUT2D eigenvalue weighted by Gasteiger charge is -2.32. The molecule has 7 nitrogen and oxygen atoms in total. The van der Waals surface area contributed by atoms with Crippen molar-refractivity contribution in [3.05, 3.63) is 59.1 Å². The fourth-order valence-corrected chi connectivity index (χ4v) is 4.01. The fraction of sp³-hybridized carbons (Fsp3) is 0.429. The Bertz CT molecular complexity index is 826. The second-order valence-electron chi connectivity index (χ2n) is 7.29. The first-order valence-corrected chi connectivity index (χ1v) is 10.1. The monoisotopic (exact) mass is 416 g/mol. The van der Waals surface area contributed by atoms with Gasteiger partial charge in [0.2, 0.25) is 5.91 Å². The number of nitrogens with zero attached hydrogens (tertiary/aromatic N) is 2. The molecule has 1 atom stereocenters. The minimum atomic E-state index is -0.758. The van der Waals surface area contributed by atoms with Crippen LogP contribution >= 0.6 is 11.6 Å². The number of benzene rings is 1. The molecule has 2 aromatic rings. The van der Waals surface area contributed by atoms with Crippen LogP contribution in [0, 0.1) is 11.8 Å². The standard InChI is InChI=1S/C21H25ClN4O3/c22-19-17(24-10-11-25-19)13-26-20(27)16-8-6-15(7-9-16)18(29-21(23)28)12-14-4-2-1-3-5-14/h1-5,10-11,15-16,18H,6-9,12-13H2,(H2,23,28)(H,26,27). The van der Waals surface area contributed by atoms with E-state index < -0.39 is 6.09 Å². The number of primary amides is 1. The van der Waals surface area contributed by atoms with Gasteiger partial charge in [-0.1, -0.05) is 41.9 Å². The van der Waals surface area contributed by atoms with Gasteiger partial charge in [0, 0.05) is 24.7 Å². The highest BCUT2D eigenvalue weighted by atomic mass is 35.5. The maximum absolute atomic E-state index is 12.5. The van der Waals surface area contributed by atoms with Gasteiger partial charge in [-0.25, -0.2) is 9.78 Å². The number of aromatic nitrogens is 2. The van der Waals surface area contributed by atoms with E-state index in [4.69, 9.17) is 22.1 Å². The van der Waals surface area contributed by atoms with Crippen LogP contribution in [0.15, 0.2) is 42.7 Å². The van der Waals surface area contributed by atoms with E-state index in [1.165, 1.54) is 6.20 Å². The third-order valence-corrected chi connectivity index (χ3v) is 5.68. The molecule has 1 aliphatic carbocycles. The largest absolute Gasteiger partial charge is 0.446 e. The van der Waals surface area contributed by atoms with Gasteiger partial charge in [-0.3, -0.25) is 9.78 Å². The van der Waals surface area contributed by atoms with E-state index in [9.17, 15) is 9.59 Å². The number of nitrogens with one attached hydrogen (secondary N) is 1. The molecule has 0 bridgehead atoms. The number of nitrogens with two attached hydrogens (primary N) is 1. The number of carbonyl (C=O) groups excluding carboxylic acids is 2. The first-order chi connectivity index (χ1) is 14.0. The molecule has 154 valence electrons. The predicted octanol–water partition coefficient (Wildman–Crippen LogP) is 3.26. The van der Waals surface area contributed by atoms with Gasteiger partial charge in [0.05, 0.1) is 12.2 Å². The minimum Gasteiger partial charge on any atom is -0.446 e. The number of amides is 2. The molecule has 8 heteroatoms. The quantitative estimate of drug-likeness (QED) is 0.720. The molecule has 0 radical (unpaired) electrons. The number of hydrogen-bond acceptors (Lipinski definition) is 5. The topological polar surface area (TPSA) is 107 Å². The van der Waals surface area contributed by atoms with Gasteiger partial charge in [0.15, 0.2) is 5.15 Å². The predicted molar refractivity (Wildman–Crippen MR) is 109 cm³/mol. The van der Waals surface area contributed by atoms with Gasteiger partial charge in [0.25, 0.3) is 0 Å². The highest BCUT2D eigenvalue weighted by Crippen LogP contribution is 2.33. The zero-order chi connectivity index (χ0) is 20.6. The fourth-order valence-electron chi connectivity index (χ4n) is 3.84. The van der Waals surface area contributed by atoms with E-state index in [1.54, 1.807) is 6.20 Å². The van der Waals surface area contributed by atoms with Crippen molar-refractivity contribution in [1.82, 2.24) is 15.3 Å². The minimum absolute atomic E-state index is 0.0133. The third-order valence-electron chi connectivity index (χ3n) is 5.37. The van der Waals surface area contributed by atoms with Crippen molar-refractivity contribution >= 4 is 23.6 Å². The van der Waals surface area contributed by atoms with Crippen LogP contribution in [0.4, 0.5) is 4.79 Å². The van der Waals surface area contributed by atoms with Crippen LogP contribution in [0.2, 0.25) is 5.15 Å². The molecule has 1 aliphatic rings. The van der Waals surface area contributed by atoms with Crippen molar-refractivity contribution in [3.63, 3.8) is 0 Å². The first-order valence-electron chi connectivity index (χ1n) is 9.76. The second kappa shape index (κ2) is 10.2. The lowest BCUT2D eigenvalue weighted by molar-refractivity contribution is -0.126. The summed E-state index contributed by atoms with van der Waals surface area (Å²) in [7, 11) is 0. The Morgan fingerprint density at radius 3 is 2.48 bits per heavy atom. The Balaban J connectivity index is 1.52. The normalized spacial score (nSPS) is 19.9. The molecule has 1 fully saturated rings. The summed E-state index contributed by atoms with van der Waals surface area (Å²) in [6.07, 6.45) is 5.71. The van der Waals surface area contributed by atoms with Crippen LogP contribution in [0.1, 0.15) is 36.9 Å². The number of hydrogen-bond donors (Lipinski definition) is 2. The molecule has 1 aromatic carbocycles. The van der Waals surface area contributed by atoms with Gasteiger partial charge >= 0.3 is 6.09 Å². The van der Waals surface area contributed by atoms with Crippen molar-refractivity contribution < 1.29 is 14.3 Å². The van der Waals surface area contributed by atoms with Crippen molar-refractivity contribution in [2.75, 3.05) is 0 Å². The molecule has 3 rings (SSSR count). The van der Waals surface area contributed by atoms with Crippen molar-refractivity contribution in [2.45, 2.75) is 44.8 Å². The number of rotatable bonds is 7. The molecule has 0 spiro atoms. The maximum atomic E-state index is 12.5. The summed E-state index contributed by atoms with van der Waals surface area (Å²) in [4.78, 5) is 32.0. The van der Waals surface area contributed by atoms with Crippen molar-refractivity contribution in [3.8, 4) is 0 Å². The molecule has 1 unspecified atom stereocenters. The molecular formula is C21H25ClN4O3. The van der Waals surface area contributed by atoms with E-state index in [2.05, 4.69) is 15.3 Å². The van der Waals surface area contributed by atoms with Crippen LogP contribution in [-0.2, 0) is 22.5 Å². The zero-order valence-electron chi connectivity index (χ0n) is 16.1. The number of carbonyl (C=O) groups is 2. The number of halogens is 1. The molecule has 29 heavy (non-hydrogen) atoms. The first kappa shape index (κ1) is 21.0. The van der Waals surface area contributed by atoms with Crippen LogP contribution in [0.25, 0.3) is 0 Å². The summed E-state index contributed by atoms with van der Waals surface area (Å²) in [5, 5.41) is 3.19. The summed E-state index contributed by atoms with van der Waals surface area (Å²) in [6.45, 7) is 0.257. The maximum Gasteiger partial charge on any atom is 0.404 e. The molecule has 0 saturated heterocycles. The van der Waals surface area contributed by atoms with Crippen LogP contribution in [0.5, 0.6) is 0 Å². The Hall–Kier alpha value is -2.67. The summed E-state index contributed by atoms with van der Waals surface area (Å²) >= 11 is 5.98. The van der Waals surface area contributed by atoms with Crippen LogP contribution < -0.4 is 11.1 Å². The molecule has 3 N–H and O–H groups in total. The Labute approximate surface area is 175 Å². The highest BCUT2D eigenvalue weighted by Gasteiger charge is 2.32. The van der Waals surface area contributed by atoms with E-state index in [0.29, 0.717) is 17.3 Å². The Kier molecular flexibility index (Phi) is 7.41. The molecule has 0 aliphatic heterocycles. The van der Waals surface area contributed by atoms with E-state index in [-0.39, 0.29) is 30.4 Å². The average Bonchev–Trinajstić information content (AvgIpc) is 2.73. The SMILES string of the molecule is NC(=O)OC(Cc1ccccc1)C1CCC(C(=O)NCc2nccnc2Cl)CC1. The summed E-state index contributed by atoms with van der Waals surface area (Å²) in [5.41, 5.74) is 6.94. The molecular weight excluding hydrogens is 392 g/mol. The lowest BCUT2D eigenvalue weighted by Crippen LogP contribution is -2.37. The zero-order valence-corrected chi connectivity index (χ0v) is 16.8. The van der Waals surface area contributed by atoms with Crippen molar-refractivity contribution in [2.24, 2.45) is 17.6 Å². The Morgan fingerprint density at radius 1 is 1.14 bits per heavy atom. The molecule has 2 amide bonds. The van der Waals surface area contributed by atoms with Crippen molar-refractivity contribution in [1.29, 1.82) is 0 Å². The smallest absolute Gasteiger partial charge is 0.404 e. The van der Waals surface area contributed by atoms with Gasteiger partial charge in [-0.15, -0.1) is 0 Å². The van der Waals surface area contributed by atoms with Gasteiger partial charge in [-0.05, 0) is 37.2 Å². The summed E-state index contributed by atoms with van der Waals surface area (Å²) in [5.74, 6) is 0.0921. The summed E-state index contributed by atoms with van der Waals surface area (Å²) < 4.78 is 5.42. The Morgan fingerprint density at radius 2 is 1.83 bits per heavy atom. The van der Waals surface area contributed by atoms with Gasteiger partial charge < -0.3 is 15.8 Å². The van der Waals surface area contributed by atoms with Crippen LogP contribution in [-0.4, -0.2) is 28.1 Å². The van der Waals surface area contributed by atoms with E-state index in [1.807, 2.05) is 30.3 Å². The molecule has 1 aromatic heterocycles. The number of ether oxygens (including phenoxy) is 1. The average molecular weight is 417 g/mol.